The molecule has 0 radical (unpaired) electrons. The van der Waals surface area contributed by atoms with Crippen LogP contribution in [0.2, 0.25) is 18.1 Å². The van der Waals surface area contributed by atoms with Crippen molar-refractivity contribution in [3.8, 4) is 0 Å². The quantitative estimate of drug-likeness (QED) is 0.551. The molecule has 0 N–H and O–H groups in total. The van der Waals surface area contributed by atoms with Crippen molar-refractivity contribution in [2.24, 2.45) is 0 Å². The maximum absolute atomic E-state index is 11.1. The van der Waals surface area contributed by atoms with Gasteiger partial charge < -0.3 is 4.43 Å². The lowest BCUT2D eigenvalue weighted by molar-refractivity contribution is 0.149. The zero-order valence-corrected chi connectivity index (χ0v) is 16.2. The summed E-state index contributed by atoms with van der Waals surface area (Å²) in [4.78, 5) is 0. The van der Waals surface area contributed by atoms with E-state index in [2.05, 4.69) is 33.9 Å². The van der Waals surface area contributed by atoms with Crippen molar-refractivity contribution in [2.75, 3.05) is 12.9 Å². The lowest BCUT2D eigenvalue weighted by Crippen LogP contribution is -2.42. The van der Waals surface area contributed by atoms with Crippen LogP contribution in [0.1, 0.15) is 38.9 Å². The van der Waals surface area contributed by atoms with E-state index >= 15 is 0 Å². The summed E-state index contributed by atoms with van der Waals surface area (Å²) in [6, 6.07) is 9.92. The first-order valence-corrected chi connectivity index (χ1v) is 12.2. The molecule has 0 bridgehead atoms. The third kappa shape index (κ3) is 6.20. The first-order valence-electron chi connectivity index (χ1n) is 7.49. The van der Waals surface area contributed by atoms with Gasteiger partial charge in [-0.15, -0.1) is 0 Å². The average molecular weight is 345 g/mol. The van der Waals surface area contributed by atoms with Gasteiger partial charge in [0.1, 0.15) is 0 Å². The predicted octanol–water partition coefficient (Wildman–Crippen LogP) is 4.12. The Morgan fingerprint density at radius 2 is 1.68 bits per heavy atom. The number of hydrogen-bond donors (Lipinski definition) is 0. The standard InChI is InChI=1S/C16H28O4SSi/c1-16(2,3)22(5,6)20-15(12-13-19-21(4,17)18)14-10-8-7-9-11-14/h7-11,15H,12-13H2,1-6H3. The molecule has 0 aromatic heterocycles. The van der Waals surface area contributed by atoms with Crippen molar-refractivity contribution < 1.29 is 17.0 Å². The average Bonchev–Trinajstić information content (AvgIpc) is 2.35. The monoisotopic (exact) mass is 344 g/mol. The van der Waals surface area contributed by atoms with Crippen LogP contribution in [0.15, 0.2) is 30.3 Å². The van der Waals surface area contributed by atoms with E-state index in [0.717, 1.165) is 11.8 Å². The molecule has 1 rings (SSSR count). The van der Waals surface area contributed by atoms with Crippen LogP contribution in [-0.4, -0.2) is 29.6 Å². The molecule has 0 aliphatic carbocycles. The third-order valence-electron chi connectivity index (χ3n) is 4.09. The molecule has 0 spiro atoms. The van der Waals surface area contributed by atoms with Crippen LogP contribution in [0.25, 0.3) is 0 Å². The molecule has 0 aliphatic heterocycles. The predicted molar refractivity (Wildman–Crippen MR) is 92.9 cm³/mol. The van der Waals surface area contributed by atoms with Crippen LogP contribution in [0, 0.1) is 0 Å². The van der Waals surface area contributed by atoms with Gasteiger partial charge in [-0.1, -0.05) is 51.1 Å². The summed E-state index contributed by atoms with van der Waals surface area (Å²) >= 11 is 0. The molecule has 1 unspecified atom stereocenters. The molecule has 22 heavy (non-hydrogen) atoms. The second-order valence-corrected chi connectivity index (χ2v) is 13.5. The van der Waals surface area contributed by atoms with E-state index in [1.807, 2.05) is 30.3 Å². The Balaban J connectivity index is 2.88. The Morgan fingerprint density at radius 1 is 1.14 bits per heavy atom. The van der Waals surface area contributed by atoms with E-state index in [1.165, 1.54) is 0 Å². The minimum atomic E-state index is -3.42. The number of benzene rings is 1. The zero-order chi connectivity index (χ0) is 17.0. The minimum Gasteiger partial charge on any atom is -0.410 e. The molecular weight excluding hydrogens is 316 g/mol. The first-order chi connectivity index (χ1) is 9.92. The van der Waals surface area contributed by atoms with Crippen molar-refractivity contribution in [3.63, 3.8) is 0 Å². The van der Waals surface area contributed by atoms with Crippen LogP contribution < -0.4 is 0 Å². The Labute approximate surface area is 136 Å². The molecular formula is C16H28O4SSi. The molecule has 0 saturated carbocycles. The van der Waals surface area contributed by atoms with E-state index in [9.17, 15) is 8.42 Å². The molecule has 1 aromatic rings. The van der Waals surface area contributed by atoms with Crippen LogP contribution in [0.4, 0.5) is 0 Å². The Kier molecular flexibility index (Phi) is 6.38. The van der Waals surface area contributed by atoms with E-state index in [-0.39, 0.29) is 17.7 Å². The van der Waals surface area contributed by atoms with Gasteiger partial charge in [0.05, 0.1) is 19.0 Å². The van der Waals surface area contributed by atoms with Gasteiger partial charge in [-0.05, 0) is 23.7 Å². The van der Waals surface area contributed by atoms with Crippen LogP contribution >= 0.6 is 0 Å². The topological polar surface area (TPSA) is 52.6 Å². The fourth-order valence-corrected chi connectivity index (χ4v) is 3.52. The van der Waals surface area contributed by atoms with Crippen molar-refractivity contribution in [1.29, 1.82) is 0 Å². The highest BCUT2D eigenvalue weighted by Gasteiger charge is 2.39. The fraction of sp³-hybridized carbons (Fsp3) is 0.625. The van der Waals surface area contributed by atoms with Gasteiger partial charge in [0.25, 0.3) is 10.1 Å². The lowest BCUT2D eigenvalue weighted by Gasteiger charge is -2.39. The van der Waals surface area contributed by atoms with Crippen molar-refractivity contribution in [1.82, 2.24) is 0 Å². The summed E-state index contributed by atoms with van der Waals surface area (Å²) in [6.07, 6.45) is 1.44. The molecule has 0 amide bonds. The summed E-state index contributed by atoms with van der Waals surface area (Å²) in [5.41, 5.74) is 1.06. The lowest BCUT2D eigenvalue weighted by atomic mass is 10.1. The largest absolute Gasteiger partial charge is 0.410 e. The van der Waals surface area contributed by atoms with E-state index < -0.39 is 18.4 Å². The van der Waals surface area contributed by atoms with Gasteiger partial charge in [0.15, 0.2) is 8.32 Å². The van der Waals surface area contributed by atoms with E-state index in [4.69, 9.17) is 8.61 Å². The SMILES string of the molecule is CC(C)(C)[Si](C)(C)OC(CCOS(C)(=O)=O)c1ccccc1. The highest BCUT2D eigenvalue weighted by Crippen LogP contribution is 2.40. The number of rotatable bonds is 7. The van der Waals surface area contributed by atoms with E-state index in [1.54, 1.807) is 0 Å². The molecule has 0 saturated heterocycles. The van der Waals surface area contributed by atoms with E-state index in [0.29, 0.717) is 6.42 Å². The summed E-state index contributed by atoms with van der Waals surface area (Å²) in [6.45, 7) is 11.1. The van der Waals surface area contributed by atoms with Crippen LogP contribution in [-0.2, 0) is 18.7 Å². The Hall–Kier alpha value is -0.693. The molecule has 6 heteroatoms. The third-order valence-corrected chi connectivity index (χ3v) is 9.17. The first kappa shape index (κ1) is 19.4. The zero-order valence-electron chi connectivity index (χ0n) is 14.4. The summed E-state index contributed by atoms with van der Waals surface area (Å²) in [7, 11) is -5.37. The highest BCUT2D eigenvalue weighted by molar-refractivity contribution is 7.85. The van der Waals surface area contributed by atoms with Gasteiger partial charge in [-0.3, -0.25) is 4.18 Å². The Bertz CT molecular complexity index is 562. The maximum Gasteiger partial charge on any atom is 0.264 e. The summed E-state index contributed by atoms with van der Waals surface area (Å²) in [5, 5.41) is 0.0950. The molecule has 126 valence electrons. The Morgan fingerprint density at radius 3 is 2.14 bits per heavy atom. The number of hydrogen-bond acceptors (Lipinski definition) is 4. The second kappa shape index (κ2) is 7.25. The van der Waals surface area contributed by atoms with Crippen molar-refractivity contribution in [2.45, 2.75) is 51.4 Å². The fourth-order valence-electron chi connectivity index (χ4n) is 1.80. The normalized spacial score (nSPS) is 14.8. The second-order valence-electron chi connectivity index (χ2n) is 7.09. The minimum absolute atomic E-state index is 0.0950. The molecule has 0 aliphatic rings. The van der Waals surface area contributed by atoms with Crippen LogP contribution in [0.5, 0.6) is 0 Å². The van der Waals surface area contributed by atoms with Gasteiger partial charge >= 0.3 is 0 Å². The van der Waals surface area contributed by atoms with Gasteiger partial charge in [-0.25, -0.2) is 0 Å². The van der Waals surface area contributed by atoms with Gasteiger partial charge in [0.2, 0.25) is 0 Å². The molecule has 0 fully saturated rings. The van der Waals surface area contributed by atoms with Crippen LogP contribution in [0.3, 0.4) is 0 Å². The maximum atomic E-state index is 11.1. The van der Waals surface area contributed by atoms with Gasteiger partial charge in [-0.2, -0.15) is 8.42 Å². The highest BCUT2D eigenvalue weighted by atomic mass is 32.2. The smallest absolute Gasteiger partial charge is 0.264 e. The molecule has 0 heterocycles. The summed E-state index contributed by atoms with van der Waals surface area (Å²) < 4.78 is 33.6. The molecule has 4 nitrogen and oxygen atoms in total. The van der Waals surface area contributed by atoms with Crippen molar-refractivity contribution in [3.05, 3.63) is 35.9 Å². The van der Waals surface area contributed by atoms with Crippen molar-refractivity contribution >= 4 is 18.4 Å². The van der Waals surface area contributed by atoms with Gasteiger partial charge in [0, 0.05) is 6.42 Å². The molecule has 1 atom stereocenters. The summed E-state index contributed by atoms with van der Waals surface area (Å²) in [5.74, 6) is 0. The molecule has 1 aromatic carbocycles.